The van der Waals surface area contributed by atoms with Crippen molar-refractivity contribution in [2.75, 3.05) is 0 Å². The third-order valence-corrected chi connectivity index (χ3v) is 1.83. The second kappa shape index (κ2) is 3.71. The van der Waals surface area contributed by atoms with E-state index < -0.39 is 0 Å². The number of pyridine rings is 1. The predicted octanol–water partition coefficient (Wildman–Crippen LogP) is 1.88. The molecule has 0 spiro atoms. The molecule has 0 radical (unpaired) electrons. The molecule has 0 aliphatic carbocycles. The molecule has 0 amide bonds. The van der Waals surface area contributed by atoms with E-state index in [-0.39, 0.29) is 0 Å². The molecule has 0 atom stereocenters. The lowest BCUT2D eigenvalue weighted by molar-refractivity contribution is 1.12. The lowest BCUT2D eigenvalue weighted by Gasteiger charge is -1.91. The van der Waals surface area contributed by atoms with Gasteiger partial charge in [-0.25, -0.2) is 0 Å². The van der Waals surface area contributed by atoms with Gasteiger partial charge in [-0.3, -0.25) is 10.1 Å². The zero-order chi connectivity index (χ0) is 9.80. The molecule has 2 rings (SSSR count). The van der Waals surface area contributed by atoms with Crippen LogP contribution in [0, 0.1) is 11.3 Å². The van der Waals surface area contributed by atoms with Crippen LogP contribution in [0.4, 0.5) is 0 Å². The summed E-state index contributed by atoms with van der Waals surface area (Å²) < 4.78 is 0. The standard InChI is InChI=1S/C10H8N4/c11-4-2-1-3-8-5-9-10(12-6-8)7-13-14-9/h1,3,5-7H,2H2,(H,13,14). The maximum absolute atomic E-state index is 8.35. The fourth-order valence-corrected chi connectivity index (χ4v) is 1.19. The van der Waals surface area contributed by atoms with E-state index in [0.717, 1.165) is 16.6 Å². The minimum atomic E-state index is 0.418. The molecule has 14 heavy (non-hydrogen) atoms. The molecule has 4 heteroatoms. The highest BCUT2D eigenvalue weighted by Gasteiger charge is 1.95. The van der Waals surface area contributed by atoms with Gasteiger partial charge in [0, 0.05) is 6.20 Å². The highest BCUT2D eigenvalue weighted by Crippen LogP contribution is 2.10. The van der Waals surface area contributed by atoms with Gasteiger partial charge in [0.15, 0.2) is 0 Å². The van der Waals surface area contributed by atoms with Crippen molar-refractivity contribution in [3.8, 4) is 6.07 Å². The van der Waals surface area contributed by atoms with Gasteiger partial charge in [0.25, 0.3) is 0 Å². The van der Waals surface area contributed by atoms with E-state index in [1.165, 1.54) is 0 Å². The topological polar surface area (TPSA) is 65.4 Å². The summed E-state index contributed by atoms with van der Waals surface area (Å²) in [5, 5.41) is 15.1. The third-order valence-electron chi connectivity index (χ3n) is 1.83. The van der Waals surface area contributed by atoms with E-state index in [4.69, 9.17) is 5.26 Å². The smallest absolute Gasteiger partial charge is 0.108 e. The summed E-state index contributed by atoms with van der Waals surface area (Å²) in [6.07, 6.45) is 7.53. The molecule has 1 N–H and O–H groups in total. The van der Waals surface area contributed by atoms with Crippen molar-refractivity contribution in [1.29, 1.82) is 5.26 Å². The molecule has 0 aliphatic rings. The molecule has 0 saturated carbocycles. The van der Waals surface area contributed by atoms with Gasteiger partial charge in [0.1, 0.15) is 5.52 Å². The lowest BCUT2D eigenvalue weighted by Crippen LogP contribution is -1.77. The number of nitrogens with zero attached hydrogens (tertiary/aromatic N) is 3. The van der Waals surface area contributed by atoms with Crippen molar-refractivity contribution in [3.63, 3.8) is 0 Å². The molecule has 0 aromatic carbocycles. The van der Waals surface area contributed by atoms with Crippen molar-refractivity contribution in [2.45, 2.75) is 6.42 Å². The van der Waals surface area contributed by atoms with Crippen molar-refractivity contribution in [2.24, 2.45) is 0 Å². The average Bonchev–Trinajstić information content (AvgIpc) is 2.65. The van der Waals surface area contributed by atoms with Gasteiger partial charge in [-0.2, -0.15) is 10.4 Å². The number of nitrogens with one attached hydrogen (secondary N) is 1. The maximum Gasteiger partial charge on any atom is 0.108 e. The Morgan fingerprint density at radius 2 is 2.43 bits per heavy atom. The Morgan fingerprint density at radius 3 is 3.29 bits per heavy atom. The number of aromatic nitrogens is 3. The van der Waals surface area contributed by atoms with Crippen LogP contribution in [0.1, 0.15) is 12.0 Å². The van der Waals surface area contributed by atoms with Crippen LogP contribution in [0.2, 0.25) is 0 Å². The average molecular weight is 184 g/mol. The van der Waals surface area contributed by atoms with Crippen LogP contribution in [0.3, 0.4) is 0 Å². The number of allylic oxidation sites excluding steroid dienone is 1. The first-order valence-electron chi connectivity index (χ1n) is 4.23. The number of rotatable bonds is 2. The first-order valence-corrected chi connectivity index (χ1v) is 4.23. The molecule has 2 heterocycles. The quantitative estimate of drug-likeness (QED) is 0.774. The number of nitriles is 1. The molecule has 2 aromatic heterocycles. The van der Waals surface area contributed by atoms with Crippen LogP contribution in [0.5, 0.6) is 0 Å². The molecule has 0 unspecified atom stereocenters. The van der Waals surface area contributed by atoms with Gasteiger partial charge < -0.3 is 0 Å². The Morgan fingerprint density at radius 1 is 1.50 bits per heavy atom. The van der Waals surface area contributed by atoms with Gasteiger partial charge in [0.05, 0.1) is 24.2 Å². The summed E-state index contributed by atoms with van der Waals surface area (Å²) in [7, 11) is 0. The van der Waals surface area contributed by atoms with Crippen LogP contribution >= 0.6 is 0 Å². The molecule has 68 valence electrons. The summed E-state index contributed by atoms with van der Waals surface area (Å²) in [6.45, 7) is 0. The zero-order valence-corrected chi connectivity index (χ0v) is 7.44. The van der Waals surface area contributed by atoms with Gasteiger partial charge in [-0.1, -0.05) is 12.2 Å². The van der Waals surface area contributed by atoms with Gasteiger partial charge in [-0.05, 0) is 11.6 Å². The number of hydrogen-bond acceptors (Lipinski definition) is 3. The van der Waals surface area contributed by atoms with Crippen LogP contribution in [0.25, 0.3) is 17.1 Å². The predicted molar refractivity (Wildman–Crippen MR) is 53.2 cm³/mol. The Balaban J connectivity index is 2.31. The highest BCUT2D eigenvalue weighted by atomic mass is 15.1. The van der Waals surface area contributed by atoms with Crippen LogP contribution in [-0.2, 0) is 0 Å². The van der Waals surface area contributed by atoms with Crippen LogP contribution in [0.15, 0.2) is 24.5 Å². The fourth-order valence-electron chi connectivity index (χ4n) is 1.19. The first kappa shape index (κ1) is 8.45. The third kappa shape index (κ3) is 1.62. The van der Waals surface area contributed by atoms with Gasteiger partial charge >= 0.3 is 0 Å². The van der Waals surface area contributed by atoms with E-state index in [1.807, 2.05) is 18.2 Å². The highest BCUT2D eigenvalue weighted by molar-refractivity contribution is 5.75. The van der Waals surface area contributed by atoms with E-state index in [9.17, 15) is 0 Å². The lowest BCUT2D eigenvalue weighted by atomic mass is 10.2. The fraction of sp³-hybridized carbons (Fsp3) is 0.100. The van der Waals surface area contributed by atoms with Crippen molar-refractivity contribution >= 4 is 17.1 Å². The SMILES string of the molecule is N#CCC=Cc1cnc2cn[nH]c2c1. The van der Waals surface area contributed by atoms with Crippen LogP contribution in [-0.4, -0.2) is 15.2 Å². The van der Waals surface area contributed by atoms with E-state index in [1.54, 1.807) is 18.5 Å². The molecule has 0 saturated heterocycles. The molecular weight excluding hydrogens is 176 g/mol. The van der Waals surface area contributed by atoms with E-state index in [2.05, 4.69) is 15.2 Å². The van der Waals surface area contributed by atoms with Gasteiger partial charge in [0.2, 0.25) is 0 Å². The molecule has 4 nitrogen and oxygen atoms in total. The second-order valence-corrected chi connectivity index (χ2v) is 2.84. The van der Waals surface area contributed by atoms with Crippen molar-refractivity contribution < 1.29 is 0 Å². The summed E-state index contributed by atoms with van der Waals surface area (Å²) >= 11 is 0. The maximum atomic E-state index is 8.35. The molecule has 0 bridgehead atoms. The van der Waals surface area contributed by atoms with Crippen molar-refractivity contribution in [1.82, 2.24) is 15.2 Å². The number of aromatic amines is 1. The minimum absolute atomic E-state index is 0.418. The van der Waals surface area contributed by atoms with Gasteiger partial charge in [-0.15, -0.1) is 0 Å². The Kier molecular flexibility index (Phi) is 2.24. The number of H-pyrrole nitrogens is 1. The van der Waals surface area contributed by atoms with Crippen molar-refractivity contribution in [3.05, 3.63) is 30.1 Å². The summed E-state index contributed by atoms with van der Waals surface area (Å²) in [5.74, 6) is 0. The Hall–Kier alpha value is -2.15. The molecule has 2 aromatic rings. The van der Waals surface area contributed by atoms with Crippen LogP contribution < -0.4 is 0 Å². The number of fused-ring (bicyclic) bond motifs is 1. The molecule has 0 fully saturated rings. The molecule has 0 aliphatic heterocycles. The normalized spacial score (nSPS) is 10.8. The van der Waals surface area contributed by atoms with E-state index >= 15 is 0 Å². The zero-order valence-electron chi connectivity index (χ0n) is 7.44. The summed E-state index contributed by atoms with van der Waals surface area (Å²) in [5.41, 5.74) is 2.73. The molecular formula is C10H8N4. The van der Waals surface area contributed by atoms with E-state index in [0.29, 0.717) is 6.42 Å². The largest absolute Gasteiger partial charge is 0.276 e. The minimum Gasteiger partial charge on any atom is -0.276 e. The second-order valence-electron chi connectivity index (χ2n) is 2.84. The summed E-state index contributed by atoms with van der Waals surface area (Å²) in [6, 6.07) is 3.99. The Bertz CT molecular complexity index is 504. The summed E-state index contributed by atoms with van der Waals surface area (Å²) in [4.78, 5) is 4.19. The Labute approximate surface area is 80.9 Å². The monoisotopic (exact) mass is 184 g/mol. The number of hydrogen-bond donors (Lipinski definition) is 1. The first-order chi connectivity index (χ1) is 6.90.